The predicted molar refractivity (Wildman–Crippen MR) is 86.3 cm³/mol. The third kappa shape index (κ3) is 3.00. The quantitative estimate of drug-likeness (QED) is 0.839. The van der Waals surface area contributed by atoms with E-state index in [0.717, 1.165) is 12.8 Å². The molecule has 0 bridgehead atoms. The number of allylic oxidation sites excluding steroid dienone is 1. The number of benzene rings is 2. The van der Waals surface area contributed by atoms with Crippen LogP contribution in [0.2, 0.25) is 0 Å². The van der Waals surface area contributed by atoms with Gasteiger partial charge in [0.25, 0.3) is 0 Å². The highest BCUT2D eigenvalue weighted by molar-refractivity contribution is 5.71. The van der Waals surface area contributed by atoms with Crippen molar-refractivity contribution in [3.63, 3.8) is 0 Å². The highest BCUT2D eigenvalue weighted by Gasteiger charge is 2.10. The van der Waals surface area contributed by atoms with Crippen molar-refractivity contribution in [2.75, 3.05) is 0 Å². The summed E-state index contributed by atoms with van der Waals surface area (Å²) in [7, 11) is 0. The van der Waals surface area contributed by atoms with Gasteiger partial charge in [-0.3, -0.25) is 0 Å². The minimum Gasteiger partial charge on any atom is -0.324 e. The number of nitrogens with two attached hydrogens (primary N) is 1. The van der Waals surface area contributed by atoms with Crippen molar-refractivity contribution in [3.05, 3.63) is 66.2 Å². The van der Waals surface area contributed by atoms with Gasteiger partial charge in [0.1, 0.15) is 0 Å². The molecule has 0 aliphatic heterocycles. The largest absolute Gasteiger partial charge is 0.324 e. The fraction of sp³-hybridized carbons (Fsp3) is 0.263. The van der Waals surface area contributed by atoms with Crippen LogP contribution in [0.3, 0.4) is 0 Å². The van der Waals surface area contributed by atoms with E-state index in [9.17, 15) is 0 Å². The number of hydrogen-bond acceptors (Lipinski definition) is 1. The van der Waals surface area contributed by atoms with Gasteiger partial charge in [-0.25, -0.2) is 0 Å². The highest BCUT2D eigenvalue weighted by atomic mass is 14.6. The van der Waals surface area contributed by atoms with Crippen molar-refractivity contribution >= 4 is 5.57 Å². The maximum atomic E-state index is 6.11. The molecule has 1 nitrogen and oxygen atoms in total. The van der Waals surface area contributed by atoms with Crippen LogP contribution >= 0.6 is 0 Å². The summed E-state index contributed by atoms with van der Waals surface area (Å²) in [6.07, 6.45) is 7.01. The van der Waals surface area contributed by atoms with Gasteiger partial charge in [0, 0.05) is 6.04 Å². The van der Waals surface area contributed by atoms with Gasteiger partial charge in [0.15, 0.2) is 0 Å². The molecule has 1 atom stereocenters. The van der Waals surface area contributed by atoms with E-state index in [4.69, 9.17) is 5.73 Å². The first kappa shape index (κ1) is 13.1. The molecular formula is C19H21N. The lowest BCUT2D eigenvalue weighted by molar-refractivity contribution is 0.658. The number of rotatable bonds is 2. The molecule has 1 heteroatoms. The highest BCUT2D eigenvalue weighted by Crippen LogP contribution is 2.27. The zero-order chi connectivity index (χ0) is 13.8. The molecule has 3 rings (SSSR count). The summed E-state index contributed by atoms with van der Waals surface area (Å²) in [5.41, 5.74) is 11.4. The monoisotopic (exact) mass is 263 g/mol. The molecule has 2 aromatic carbocycles. The van der Waals surface area contributed by atoms with Crippen LogP contribution in [-0.4, -0.2) is 6.04 Å². The molecule has 2 aromatic rings. The molecule has 0 amide bonds. The Kier molecular flexibility index (Phi) is 3.98. The van der Waals surface area contributed by atoms with Crippen molar-refractivity contribution in [3.8, 4) is 11.1 Å². The van der Waals surface area contributed by atoms with Crippen LogP contribution in [0.5, 0.6) is 0 Å². The Balaban J connectivity index is 1.86. The normalized spacial score (nSPS) is 19.2. The molecule has 102 valence electrons. The predicted octanol–water partition coefficient (Wildman–Crippen LogP) is 4.64. The van der Waals surface area contributed by atoms with E-state index in [1.165, 1.54) is 35.1 Å². The van der Waals surface area contributed by atoms with Gasteiger partial charge in [0.2, 0.25) is 0 Å². The molecular weight excluding hydrogens is 242 g/mol. The molecule has 0 spiro atoms. The van der Waals surface area contributed by atoms with Crippen LogP contribution in [0, 0.1) is 0 Å². The lowest BCUT2D eigenvalue weighted by atomic mass is 9.97. The van der Waals surface area contributed by atoms with Crippen LogP contribution in [-0.2, 0) is 0 Å². The van der Waals surface area contributed by atoms with Gasteiger partial charge in [-0.1, -0.05) is 67.1 Å². The third-order valence-corrected chi connectivity index (χ3v) is 4.01. The summed E-state index contributed by atoms with van der Waals surface area (Å²) < 4.78 is 0. The summed E-state index contributed by atoms with van der Waals surface area (Å²) in [6, 6.07) is 19.6. The average Bonchev–Trinajstić information content (AvgIpc) is 2.73. The zero-order valence-electron chi connectivity index (χ0n) is 11.8. The second-order valence-electron chi connectivity index (χ2n) is 5.54. The van der Waals surface area contributed by atoms with Gasteiger partial charge in [-0.05, 0) is 41.5 Å². The van der Waals surface area contributed by atoms with Gasteiger partial charge >= 0.3 is 0 Å². The fourth-order valence-electron chi connectivity index (χ4n) is 2.87. The Hall–Kier alpha value is -1.86. The molecule has 0 radical (unpaired) electrons. The van der Waals surface area contributed by atoms with Crippen LogP contribution < -0.4 is 5.73 Å². The molecule has 0 saturated carbocycles. The lowest BCUT2D eigenvalue weighted by Gasteiger charge is -2.09. The van der Waals surface area contributed by atoms with E-state index < -0.39 is 0 Å². The van der Waals surface area contributed by atoms with Crippen LogP contribution in [0.25, 0.3) is 16.7 Å². The van der Waals surface area contributed by atoms with Gasteiger partial charge in [-0.15, -0.1) is 0 Å². The second-order valence-corrected chi connectivity index (χ2v) is 5.54. The van der Waals surface area contributed by atoms with Crippen molar-refractivity contribution in [2.45, 2.75) is 31.7 Å². The van der Waals surface area contributed by atoms with E-state index in [-0.39, 0.29) is 6.04 Å². The molecule has 0 heterocycles. The summed E-state index contributed by atoms with van der Waals surface area (Å²) in [5.74, 6) is 0. The van der Waals surface area contributed by atoms with Crippen molar-refractivity contribution < 1.29 is 0 Å². The SMILES string of the molecule is NC1C=C(c2ccc(-c3ccccc3)cc2)CCCC1. The fourth-order valence-corrected chi connectivity index (χ4v) is 2.87. The smallest absolute Gasteiger partial charge is 0.0229 e. The summed E-state index contributed by atoms with van der Waals surface area (Å²) in [5, 5.41) is 0. The van der Waals surface area contributed by atoms with Gasteiger partial charge < -0.3 is 5.73 Å². The average molecular weight is 263 g/mol. The Morgan fingerprint density at radius 2 is 1.40 bits per heavy atom. The molecule has 2 N–H and O–H groups in total. The molecule has 0 saturated heterocycles. The lowest BCUT2D eigenvalue weighted by Crippen LogP contribution is -2.15. The maximum absolute atomic E-state index is 6.11. The van der Waals surface area contributed by atoms with E-state index in [1.54, 1.807) is 0 Å². The number of hydrogen-bond donors (Lipinski definition) is 1. The summed E-state index contributed by atoms with van der Waals surface area (Å²) in [6.45, 7) is 0. The van der Waals surface area contributed by atoms with Crippen molar-refractivity contribution in [1.82, 2.24) is 0 Å². The molecule has 20 heavy (non-hydrogen) atoms. The minimum absolute atomic E-state index is 0.223. The third-order valence-electron chi connectivity index (χ3n) is 4.01. The molecule has 1 aliphatic rings. The molecule has 0 aromatic heterocycles. The Labute approximate surface area is 121 Å². The van der Waals surface area contributed by atoms with E-state index in [0.29, 0.717) is 0 Å². The van der Waals surface area contributed by atoms with E-state index in [2.05, 4.69) is 60.7 Å². The minimum atomic E-state index is 0.223. The standard InChI is InChI=1S/C19H21N/c20-19-9-5-4-8-18(14-19)17-12-10-16(11-13-17)15-6-2-1-3-7-15/h1-3,6-7,10-14,19H,4-5,8-9,20H2. The molecule has 1 aliphatic carbocycles. The Morgan fingerprint density at radius 3 is 2.15 bits per heavy atom. The van der Waals surface area contributed by atoms with Crippen LogP contribution in [0.1, 0.15) is 31.2 Å². The topological polar surface area (TPSA) is 26.0 Å². The Bertz CT molecular complexity index is 581. The van der Waals surface area contributed by atoms with Crippen molar-refractivity contribution in [2.24, 2.45) is 5.73 Å². The first-order valence-electron chi connectivity index (χ1n) is 7.45. The van der Waals surface area contributed by atoms with Crippen molar-refractivity contribution in [1.29, 1.82) is 0 Å². The Morgan fingerprint density at radius 1 is 0.750 bits per heavy atom. The van der Waals surface area contributed by atoms with E-state index >= 15 is 0 Å². The molecule has 1 unspecified atom stereocenters. The second kappa shape index (κ2) is 6.06. The summed E-state index contributed by atoms with van der Waals surface area (Å²) >= 11 is 0. The maximum Gasteiger partial charge on any atom is 0.0229 e. The van der Waals surface area contributed by atoms with Crippen LogP contribution in [0.15, 0.2) is 60.7 Å². The van der Waals surface area contributed by atoms with Crippen LogP contribution in [0.4, 0.5) is 0 Å². The zero-order valence-corrected chi connectivity index (χ0v) is 11.8. The molecule has 0 fully saturated rings. The first-order chi connectivity index (χ1) is 9.83. The van der Waals surface area contributed by atoms with Gasteiger partial charge in [0.05, 0.1) is 0 Å². The van der Waals surface area contributed by atoms with E-state index in [1.807, 2.05) is 0 Å². The van der Waals surface area contributed by atoms with Gasteiger partial charge in [-0.2, -0.15) is 0 Å². The summed E-state index contributed by atoms with van der Waals surface area (Å²) in [4.78, 5) is 0. The first-order valence-corrected chi connectivity index (χ1v) is 7.45.